The Balaban J connectivity index is 1.24. The van der Waals surface area contributed by atoms with Crippen molar-refractivity contribution in [1.82, 2.24) is 24.7 Å². The Bertz CT molecular complexity index is 843. The maximum atomic E-state index is 4.69. The van der Waals surface area contributed by atoms with Gasteiger partial charge >= 0.3 is 0 Å². The van der Waals surface area contributed by atoms with Gasteiger partial charge in [0.05, 0.1) is 11.4 Å². The summed E-state index contributed by atoms with van der Waals surface area (Å²) < 4.78 is 1.86. The third kappa shape index (κ3) is 2.60. The number of aromatic nitrogens is 4. The molecule has 6 nitrogen and oxygen atoms in total. The molecule has 0 aromatic carbocycles. The molecule has 0 atom stereocenters. The van der Waals surface area contributed by atoms with Gasteiger partial charge in [-0.3, -0.25) is 4.90 Å². The smallest absolute Gasteiger partial charge is 0.200 e. The first-order valence-corrected chi connectivity index (χ1v) is 11.3. The Morgan fingerprint density at radius 2 is 1.61 bits per heavy atom. The third-order valence-electron chi connectivity index (χ3n) is 8.16. The molecule has 0 spiro atoms. The lowest BCUT2D eigenvalue weighted by Gasteiger charge is -2.61. The van der Waals surface area contributed by atoms with Crippen LogP contribution in [0.2, 0.25) is 0 Å². The largest absolute Gasteiger partial charge is 0.366 e. The van der Waals surface area contributed by atoms with Crippen LogP contribution in [0, 0.1) is 17.8 Å². The van der Waals surface area contributed by atoms with E-state index in [1.807, 2.05) is 4.52 Å². The minimum Gasteiger partial charge on any atom is -0.366 e. The fraction of sp³-hybridized carbons (Fsp3) is 0.773. The molecule has 6 heteroatoms. The van der Waals surface area contributed by atoms with Crippen LogP contribution in [-0.2, 0) is 0 Å². The summed E-state index contributed by atoms with van der Waals surface area (Å²) in [7, 11) is 0. The van der Waals surface area contributed by atoms with Crippen molar-refractivity contribution in [3.63, 3.8) is 0 Å². The number of hydrogen-bond donors (Lipinski definition) is 0. The fourth-order valence-electron chi connectivity index (χ4n) is 7.22. The molecule has 4 aliphatic carbocycles. The van der Waals surface area contributed by atoms with Crippen LogP contribution in [0.4, 0.5) is 5.69 Å². The van der Waals surface area contributed by atoms with Crippen molar-refractivity contribution >= 4 is 11.3 Å². The van der Waals surface area contributed by atoms with Gasteiger partial charge in [0.15, 0.2) is 0 Å². The molecule has 3 heterocycles. The zero-order valence-corrected chi connectivity index (χ0v) is 17.2. The quantitative estimate of drug-likeness (QED) is 0.817. The zero-order chi connectivity index (χ0) is 18.9. The fourth-order valence-corrected chi connectivity index (χ4v) is 7.22. The average molecular weight is 381 g/mol. The molecule has 0 amide bonds. The summed E-state index contributed by atoms with van der Waals surface area (Å²) in [6, 6.07) is 2.25. The van der Waals surface area contributed by atoms with Gasteiger partial charge in [-0.2, -0.15) is 9.61 Å². The Labute approximate surface area is 167 Å². The van der Waals surface area contributed by atoms with Gasteiger partial charge in [0.25, 0.3) is 0 Å². The highest BCUT2D eigenvalue weighted by atomic mass is 15.4. The topological polar surface area (TPSA) is 49.6 Å². The highest BCUT2D eigenvalue weighted by Crippen LogP contribution is 2.57. The van der Waals surface area contributed by atoms with Gasteiger partial charge in [-0.15, -0.1) is 10.2 Å². The van der Waals surface area contributed by atoms with E-state index in [2.05, 4.69) is 45.0 Å². The van der Waals surface area contributed by atoms with Gasteiger partial charge in [-0.25, -0.2) is 0 Å². The van der Waals surface area contributed by atoms with Gasteiger partial charge in [-0.05, 0) is 68.3 Å². The number of fused-ring (bicyclic) bond motifs is 1. The number of piperazine rings is 1. The lowest BCUT2D eigenvalue weighted by molar-refractivity contribution is -0.0901. The molecule has 2 aromatic rings. The predicted molar refractivity (Wildman–Crippen MR) is 110 cm³/mol. The summed E-state index contributed by atoms with van der Waals surface area (Å²) in [5.41, 5.74) is 3.76. The minimum absolute atomic E-state index is 0.402. The number of hydrogen-bond acceptors (Lipinski definition) is 5. The van der Waals surface area contributed by atoms with Crippen LogP contribution < -0.4 is 4.90 Å². The highest BCUT2D eigenvalue weighted by Gasteiger charge is 2.53. The van der Waals surface area contributed by atoms with Gasteiger partial charge in [0.1, 0.15) is 6.33 Å². The molecule has 4 bridgehead atoms. The maximum Gasteiger partial charge on any atom is 0.200 e. The zero-order valence-electron chi connectivity index (χ0n) is 17.2. The molecule has 0 N–H and O–H groups in total. The van der Waals surface area contributed by atoms with E-state index in [9.17, 15) is 0 Å². The molecular weight excluding hydrogens is 348 g/mol. The molecule has 150 valence electrons. The summed E-state index contributed by atoms with van der Waals surface area (Å²) >= 11 is 0. The maximum absolute atomic E-state index is 4.69. The van der Waals surface area contributed by atoms with Gasteiger partial charge in [-0.1, -0.05) is 13.8 Å². The first kappa shape index (κ1) is 17.2. The summed E-state index contributed by atoms with van der Waals surface area (Å²) in [6.45, 7) is 8.95. The average Bonchev–Trinajstić information content (AvgIpc) is 3.15. The van der Waals surface area contributed by atoms with Gasteiger partial charge in [0, 0.05) is 31.7 Å². The van der Waals surface area contributed by atoms with Crippen molar-refractivity contribution < 1.29 is 0 Å². The molecule has 5 fully saturated rings. The van der Waals surface area contributed by atoms with E-state index in [4.69, 9.17) is 0 Å². The van der Waals surface area contributed by atoms with Crippen molar-refractivity contribution in [2.45, 2.75) is 63.8 Å². The lowest BCUT2D eigenvalue weighted by Crippen LogP contribution is -2.64. The van der Waals surface area contributed by atoms with Crippen LogP contribution in [0.25, 0.3) is 5.65 Å². The molecule has 7 rings (SSSR count). The second-order valence-corrected chi connectivity index (χ2v) is 10.3. The van der Waals surface area contributed by atoms with Crippen LogP contribution in [0.15, 0.2) is 12.4 Å². The first-order chi connectivity index (χ1) is 13.6. The summed E-state index contributed by atoms with van der Waals surface area (Å²) in [6.07, 6.45) is 10.7. The summed E-state index contributed by atoms with van der Waals surface area (Å²) in [5, 5.41) is 13.2. The molecule has 1 aliphatic heterocycles. The van der Waals surface area contributed by atoms with Gasteiger partial charge in [0.2, 0.25) is 5.65 Å². The predicted octanol–water partition coefficient (Wildman–Crippen LogP) is 3.34. The van der Waals surface area contributed by atoms with Crippen LogP contribution in [0.3, 0.4) is 0 Å². The van der Waals surface area contributed by atoms with Crippen molar-refractivity contribution in [1.29, 1.82) is 0 Å². The van der Waals surface area contributed by atoms with E-state index in [0.29, 0.717) is 11.5 Å². The lowest BCUT2D eigenvalue weighted by atomic mass is 9.52. The molecule has 5 aliphatic rings. The third-order valence-corrected chi connectivity index (χ3v) is 8.16. The second kappa shape index (κ2) is 6.15. The van der Waals surface area contributed by atoms with E-state index in [1.165, 1.54) is 57.3 Å². The summed E-state index contributed by atoms with van der Waals surface area (Å²) in [5.74, 6) is 3.47. The van der Waals surface area contributed by atoms with E-state index in [-0.39, 0.29) is 0 Å². The normalized spacial score (nSPS) is 35.4. The minimum atomic E-state index is 0.402. The van der Waals surface area contributed by atoms with E-state index in [0.717, 1.165) is 42.2 Å². The van der Waals surface area contributed by atoms with Crippen LogP contribution in [0.5, 0.6) is 0 Å². The molecular formula is C22H32N6. The van der Waals surface area contributed by atoms with Gasteiger partial charge < -0.3 is 4.90 Å². The van der Waals surface area contributed by atoms with E-state index >= 15 is 0 Å². The van der Waals surface area contributed by atoms with Crippen molar-refractivity contribution in [3.8, 4) is 0 Å². The highest BCUT2D eigenvalue weighted by molar-refractivity contribution is 5.68. The van der Waals surface area contributed by atoms with E-state index < -0.39 is 0 Å². The molecule has 4 saturated carbocycles. The Hall–Kier alpha value is -1.69. The van der Waals surface area contributed by atoms with Crippen molar-refractivity contribution in [2.24, 2.45) is 17.8 Å². The molecule has 0 unspecified atom stereocenters. The molecule has 1 saturated heterocycles. The van der Waals surface area contributed by atoms with Crippen LogP contribution in [-0.4, -0.2) is 56.4 Å². The first-order valence-electron chi connectivity index (χ1n) is 11.3. The Kier molecular flexibility index (Phi) is 3.78. The molecule has 2 aromatic heterocycles. The number of nitrogens with zero attached hydrogens (tertiary/aromatic N) is 6. The standard InChI is InChI=1S/C22H32N6/c1-15(2)19-10-20(21-24-23-14-28(21)25-19)26-3-5-27(6-4-26)22-11-16-7-17(12-22)9-18(8-16)13-22/h10,14-18H,3-9,11-13H2,1-2H3. The van der Waals surface area contributed by atoms with Crippen LogP contribution in [0.1, 0.15) is 64.0 Å². The second-order valence-electron chi connectivity index (χ2n) is 10.3. The number of anilines is 1. The van der Waals surface area contributed by atoms with Crippen molar-refractivity contribution in [2.75, 3.05) is 31.1 Å². The summed E-state index contributed by atoms with van der Waals surface area (Å²) in [4.78, 5) is 5.41. The number of rotatable bonds is 3. The SMILES string of the molecule is CC(C)c1cc(N2CCN(C34CC5CC(CC(C5)C3)C4)CC2)c2nncn2n1. The monoisotopic (exact) mass is 380 g/mol. The van der Waals surface area contributed by atoms with Crippen LogP contribution >= 0.6 is 0 Å². The van der Waals surface area contributed by atoms with Crippen molar-refractivity contribution in [3.05, 3.63) is 18.1 Å². The van der Waals surface area contributed by atoms with E-state index in [1.54, 1.807) is 6.33 Å². The Morgan fingerprint density at radius 3 is 2.21 bits per heavy atom. The molecule has 28 heavy (non-hydrogen) atoms. The Morgan fingerprint density at radius 1 is 0.964 bits per heavy atom. The molecule has 0 radical (unpaired) electrons.